The van der Waals surface area contributed by atoms with Gasteiger partial charge in [-0.15, -0.1) is 0 Å². The van der Waals surface area contributed by atoms with E-state index in [0.717, 1.165) is 18.9 Å². The highest BCUT2D eigenvalue weighted by atomic mass is 79.9. The highest BCUT2D eigenvalue weighted by Gasteiger charge is 2.23. The quantitative estimate of drug-likeness (QED) is 0.894. The Kier molecular flexibility index (Phi) is 4.42. The molecule has 0 amide bonds. The number of hydrogen-bond acceptors (Lipinski definition) is 1. The first kappa shape index (κ1) is 12.1. The van der Waals surface area contributed by atoms with Crippen LogP contribution in [0.15, 0.2) is 28.7 Å². The summed E-state index contributed by atoms with van der Waals surface area (Å²) in [6.07, 6.45) is 6.71. The van der Waals surface area contributed by atoms with Gasteiger partial charge in [-0.05, 0) is 42.5 Å². The number of halogens is 1. The van der Waals surface area contributed by atoms with Gasteiger partial charge in [0.25, 0.3) is 0 Å². The molecule has 0 aromatic heterocycles. The summed E-state index contributed by atoms with van der Waals surface area (Å²) >= 11 is 3.53. The molecule has 0 saturated heterocycles. The normalized spacial score (nSPS) is 18.9. The van der Waals surface area contributed by atoms with Crippen LogP contribution >= 0.6 is 15.9 Å². The molecule has 88 valence electrons. The molecule has 1 atom stereocenters. The van der Waals surface area contributed by atoms with E-state index in [0.29, 0.717) is 5.92 Å². The summed E-state index contributed by atoms with van der Waals surface area (Å²) in [4.78, 5) is 0. The zero-order valence-corrected chi connectivity index (χ0v) is 11.2. The third-order valence-corrected chi connectivity index (χ3v) is 4.25. The largest absolute Gasteiger partial charge is 0.330 e. The SMILES string of the molecule is NCC(Cc1cccc(Br)c1)C1CCCC1. The number of rotatable bonds is 4. The Morgan fingerprint density at radius 3 is 2.69 bits per heavy atom. The summed E-state index contributed by atoms with van der Waals surface area (Å²) in [6, 6.07) is 8.62. The van der Waals surface area contributed by atoms with Gasteiger partial charge in [-0.3, -0.25) is 0 Å². The van der Waals surface area contributed by atoms with E-state index in [2.05, 4.69) is 40.2 Å². The average molecular weight is 282 g/mol. The van der Waals surface area contributed by atoms with Gasteiger partial charge in [0.15, 0.2) is 0 Å². The van der Waals surface area contributed by atoms with Crippen molar-refractivity contribution in [3.05, 3.63) is 34.3 Å². The average Bonchev–Trinajstić information content (AvgIpc) is 2.79. The second kappa shape index (κ2) is 5.83. The minimum atomic E-state index is 0.678. The molecule has 16 heavy (non-hydrogen) atoms. The van der Waals surface area contributed by atoms with Gasteiger partial charge in [-0.25, -0.2) is 0 Å². The maximum absolute atomic E-state index is 5.93. The molecule has 2 heteroatoms. The highest BCUT2D eigenvalue weighted by Crippen LogP contribution is 2.32. The molecule has 1 fully saturated rings. The van der Waals surface area contributed by atoms with Crippen LogP contribution < -0.4 is 5.73 Å². The third kappa shape index (κ3) is 3.08. The van der Waals surface area contributed by atoms with E-state index in [4.69, 9.17) is 5.73 Å². The summed E-state index contributed by atoms with van der Waals surface area (Å²) in [6.45, 7) is 0.831. The number of benzene rings is 1. The molecule has 1 unspecified atom stereocenters. The van der Waals surface area contributed by atoms with Crippen LogP contribution in [0.25, 0.3) is 0 Å². The third-order valence-electron chi connectivity index (χ3n) is 3.76. The number of hydrogen-bond donors (Lipinski definition) is 1. The van der Waals surface area contributed by atoms with Crippen molar-refractivity contribution in [1.29, 1.82) is 0 Å². The van der Waals surface area contributed by atoms with Crippen molar-refractivity contribution < 1.29 is 0 Å². The molecule has 1 nitrogen and oxygen atoms in total. The molecule has 0 heterocycles. The smallest absolute Gasteiger partial charge is 0.0177 e. The topological polar surface area (TPSA) is 26.0 Å². The lowest BCUT2D eigenvalue weighted by atomic mass is 9.86. The maximum atomic E-state index is 5.93. The summed E-state index contributed by atoms with van der Waals surface area (Å²) in [7, 11) is 0. The maximum Gasteiger partial charge on any atom is 0.0177 e. The Morgan fingerprint density at radius 2 is 2.06 bits per heavy atom. The molecule has 1 aromatic carbocycles. The second-order valence-electron chi connectivity index (χ2n) is 4.87. The minimum absolute atomic E-state index is 0.678. The fourth-order valence-corrected chi connectivity index (χ4v) is 3.28. The summed E-state index contributed by atoms with van der Waals surface area (Å²) < 4.78 is 1.17. The molecule has 2 N–H and O–H groups in total. The molecule has 0 bridgehead atoms. The molecule has 0 aliphatic heterocycles. The van der Waals surface area contributed by atoms with Crippen LogP contribution in [-0.2, 0) is 6.42 Å². The lowest BCUT2D eigenvalue weighted by Crippen LogP contribution is -2.23. The first-order valence-corrected chi connectivity index (χ1v) is 7.03. The van der Waals surface area contributed by atoms with Gasteiger partial charge in [-0.1, -0.05) is 53.7 Å². The molecule has 1 aliphatic carbocycles. The summed E-state index contributed by atoms with van der Waals surface area (Å²) in [5, 5.41) is 0. The van der Waals surface area contributed by atoms with Crippen molar-refractivity contribution >= 4 is 15.9 Å². The standard InChI is InChI=1S/C14H20BrN/c15-14-7-3-4-11(9-14)8-13(10-16)12-5-1-2-6-12/h3-4,7,9,12-13H,1-2,5-6,8,10,16H2. The predicted molar refractivity (Wildman–Crippen MR) is 72.3 cm³/mol. The van der Waals surface area contributed by atoms with Crippen molar-refractivity contribution in [2.24, 2.45) is 17.6 Å². The lowest BCUT2D eigenvalue weighted by molar-refractivity contribution is 0.345. The Balaban J connectivity index is 2.00. The van der Waals surface area contributed by atoms with Crippen LogP contribution in [-0.4, -0.2) is 6.54 Å². The van der Waals surface area contributed by atoms with E-state index < -0.39 is 0 Å². The molecular weight excluding hydrogens is 262 g/mol. The van der Waals surface area contributed by atoms with Gasteiger partial charge in [0, 0.05) is 4.47 Å². The Hall–Kier alpha value is -0.340. The summed E-state index contributed by atoms with van der Waals surface area (Å²) in [5.41, 5.74) is 7.34. The summed E-state index contributed by atoms with van der Waals surface area (Å²) in [5.74, 6) is 1.54. The van der Waals surface area contributed by atoms with Gasteiger partial charge in [0.05, 0.1) is 0 Å². The van der Waals surface area contributed by atoms with E-state index in [1.807, 2.05) is 0 Å². The molecule has 1 saturated carbocycles. The molecule has 1 aromatic rings. The van der Waals surface area contributed by atoms with Crippen LogP contribution in [0.2, 0.25) is 0 Å². The predicted octanol–water partition coefficient (Wildman–Crippen LogP) is 3.76. The van der Waals surface area contributed by atoms with Crippen LogP contribution in [0.3, 0.4) is 0 Å². The minimum Gasteiger partial charge on any atom is -0.330 e. The van der Waals surface area contributed by atoms with E-state index in [1.165, 1.54) is 35.7 Å². The molecule has 0 spiro atoms. The fourth-order valence-electron chi connectivity index (χ4n) is 2.84. The lowest BCUT2D eigenvalue weighted by Gasteiger charge is -2.21. The van der Waals surface area contributed by atoms with Crippen molar-refractivity contribution in [3.8, 4) is 0 Å². The first-order chi connectivity index (χ1) is 7.79. The van der Waals surface area contributed by atoms with Crippen molar-refractivity contribution in [2.75, 3.05) is 6.54 Å². The second-order valence-corrected chi connectivity index (χ2v) is 5.79. The van der Waals surface area contributed by atoms with Gasteiger partial charge in [0.1, 0.15) is 0 Å². The monoisotopic (exact) mass is 281 g/mol. The molecular formula is C14H20BrN. The Labute approximate surface area is 107 Å². The van der Waals surface area contributed by atoms with E-state index >= 15 is 0 Å². The van der Waals surface area contributed by atoms with Crippen LogP contribution in [0.4, 0.5) is 0 Å². The van der Waals surface area contributed by atoms with Crippen molar-refractivity contribution in [2.45, 2.75) is 32.1 Å². The van der Waals surface area contributed by atoms with E-state index in [9.17, 15) is 0 Å². The Bertz CT molecular complexity index is 331. The van der Waals surface area contributed by atoms with Crippen LogP contribution in [0, 0.1) is 11.8 Å². The fraction of sp³-hybridized carbons (Fsp3) is 0.571. The van der Waals surface area contributed by atoms with Crippen LogP contribution in [0.1, 0.15) is 31.2 Å². The van der Waals surface area contributed by atoms with Gasteiger partial charge in [0.2, 0.25) is 0 Å². The number of nitrogens with two attached hydrogens (primary N) is 1. The van der Waals surface area contributed by atoms with Gasteiger partial charge in [-0.2, -0.15) is 0 Å². The zero-order chi connectivity index (χ0) is 11.4. The van der Waals surface area contributed by atoms with Gasteiger partial charge < -0.3 is 5.73 Å². The molecule has 0 radical (unpaired) electrons. The highest BCUT2D eigenvalue weighted by molar-refractivity contribution is 9.10. The van der Waals surface area contributed by atoms with Crippen LogP contribution in [0.5, 0.6) is 0 Å². The Morgan fingerprint density at radius 1 is 1.31 bits per heavy atom. The molecule has 2 rings (SSSR count). The van der Waals surface area contributed by atoms with Crippen molar-refractivity contribution in [1.82, 2.24) is 0 Å². The van der Waals surface area contributed by atoms with E-state index in [1.54, 1.807) is 0 Å². The first-order valence-electron chi connectivity index (χ1n) is 6.24. The van der Waals surface area contributed by atoms with Crippen molar-refractivity contribution in [3.63, 3.8) is 0 Å². The molecule has 1 aliphatic rings. The van der Waals surface area contributed by atoms with Gasteiger partial charge >= 0.3 is 0 Å². The van der Waals surface area contributed by atoms with E-state index in [-0.39, 0.29) is 0 Å². The zero-order valence-electron chi connectivity index (χ0n) is 9.66.